The second-order valence-corrected chi connectivity index (χ2v) is 4.85. The highest BCUT2D eigenvalue weighted by atomic mass is 16.5. The van der Waals surface area contributed by atoms with E-state index in [4.69, 9.17) is 14.6 Å². The monoisotopic (exact) mass is 320 g/mol. The first-order chi connectivity index (χ1) is 10.9. The molecule has 0 amide bonds. The lowest BCUT2D eigenvalue weighted by atomic mass is 10.2. The Morgan fingerprint density at radius 3 is 2.30 bits per heavy atom. The van der Waals surface area contributed by atoms with Crippen molar-refractivity contribution >= 4 is 5.97 Å². The highest BCUT2D eigenvalue weighted by Crippen LogP contribution is 2.27. The molecule has 0 spiro atoms. The lowest BCUT2D eigenvalue weighted by Gasteiger charge is -2.07. The molecule has 2 aromatic rings. The number of rotatable bonds is 4. The number of nitrogens with zero attached hydrogens (tertiary/aromatic N) is 2. The van der Waals surface area contributed by atoms with Crippen molar-refractivity contribution in [1.82, 2.24) is 9.78 Å². The molecule has 0 saturated heterocycles. The quantitative estimate of drug-likeness (QED) is 0.877. The number of aromatic nitrogens is 2. The van der Waals surface area contributed by atoms with Crippen LogP contribution < -0.4 is 4.74 Å². The highest BCUT2D eigenvalue weighted by Gasteiger charge is 2.21. The van der Waals surface area contributed by atoms with E-state index in [1.165, 1.54) is 0 Å². The normalized spacial score (nSPS) is 9.83. The van der Waals surface area contributed by atoms with Crippen LogP contribution in [0.15, 0.2) is 24.3 Å². The van der Waals surface area contributed by atoms with Crippen molar-refractivity contribution in [2.75, 3.05) is 13.2 Å². The van der Waals surface area contributed by atoms with Gasteiger partial charge in [-0.2, -0.15) is 5.10 Å². The van der Waals surface area contributed by atoms with Crippen LogP contribution in [0.25, 0.3) is 0 Å². The summed E-state index contributed by atoms with van der Waals surface area (Å²) in [6.45, 7) is 7.82. The average molecular weight is 320 g/mol. The summed E-state index contributed by atoms with van der Waals surface area (Å²) in [6.07, 6.45) is 0. The predicted octanol–water partition coefficient (Wildman–Crippen LogP) is 3.00. The van der Waals surface area contributed by atoms with Gasteiger partial charge in [-0.25, -0.2) is 9.48 Å². The number of hydrogen-bond donors (Lipinski definition) is 1. The Morgan fingerprint density at radius 2 is 1.78 bits per heavy atom. The van der Waals surface area contributed by atoms with E-state index in [9.17, 15) is 4.79 Å². The van der Waals surface area contributed by atoms with Gasteiger partial charge in [-0.05, 0) is 39.8 Å². The van der Waals surface area contributed by atoms with Crippen molar-refractivity contribution in [2.45, 2.75) is 27.7 Å². The van der Waals surface area contributed by atoms with Crippen molar-refractivity contribution in [2.24, 2.45) is 7.05 Å². The van der Waals surface area contributed by atoms with Crippen LogP contribution >= 0.6 is 0 Å². The van der Waals surface area contributed by atoms with Crippen molar-refractivity contribution in [3.63, 3.8) is 0 Å². The molecule has 0 saturated carbocycles. The Balaban J connectivity index is 0.000000816. The number of aliphatic hydroxyl groups excluding tert-OH is 1. The van der Waals surface area contributed by atoms with Gasteiger partial charge in [0, 0.05) is 19.2 Å². The third-order valence-electron chi connectivity index (χ3n) is 2.92. The molecule has 0 unspecified atom stereocenters. The zero-order chi connectivity index (χ0) is 17.4. The van der Waals surface area contributed by atoms with E-state index in [-0.39, 0.29) is 12.3 Å². The molecule has 1 N–H and O–H groups in total. The van der Waals surface area contributed by atoms with Crippen LogP contribution in [0.5, 0.6) is 11.6 Å². The van der Waals surface area contributed by atoms with E-state index >= 15 is 0 Å². The van der Waals surface area contributed by atoms with Gasteiger partial charge in [-0.3, -0.25) is 0 Å². The molecule has 6 nitrogen and oxygen atoms in total. The summed E-state index contributed by atoms with van der Waals surface area (Å²) >= 11 is 0. The first kappa shape index (κ1) is 18.7. The van der Waals surface area contributed by atoms with Gasteiger partial charge < -0.3 is 14.6 Å². The second-order valence-electron chi connectivity index (χ2n) is 4.85. The molecule has 0 aliphatic heterocycles. The van der Waals surface area contributed by atoms with Crippen molar-refractivity contribution in [1.29, 1.82) is 0 Å². The minimum Gasteiger partial charge on any atom is -0.461 e. The summed E-state index contributed by atoms with van der Waals surface area (Å²) in [4.78, 5) is 11.8. The molecule has 1 aromatic carbocycles. The number of carbonyl (C=O) groups excluding carboxylic acids is 1. The molecule has 126 valence electrons. The molecule has 2 rings (SSSR count). The van der Waals surface area contributed by atoms with Crippen molar-refractivity contribution < 1.29 is 19.4 Å². The number of aryl methyl sites for hydroxylation is 2. The van der Waals surface area contributed by atoms with Gasteiger partial charge >= 0.3 is 5.97 Å². The summed E-state index contributed by atoms with van der Waals surface area (Å²) in [6, 6.07) is 7.69. The summed E-state index contributed by atoms with van der Waals surface area (Å²) in [5.41, 5.74) is 2.12. The van der Waals surface area contributed by atoms with Gasteiger partial charge in [0.15, 0.2) is 5.69 Å². The van der Waals surface area contributed by atoms with Crippen LogP contribution in [0, 0.1) is 13.8 Å². The van der Waals surface area contributed by atoms with E-state index in [1.54, 1.807) is 32.5 Å². The van der Waals surface area contributed by atoms with Crippen LogP contribution in [-0.2, 0) is 11.8 Å². The minimum absolute atomic E-state index is 0.250. The number of ether oxygens (including phenoxy) is 2. The van der Waals surface area contributed by atoms with E-state index in [1.807, 2.05) is 31.2 Å². The van der Waals surface area contributed by atoms with Crippen LogP contribution in [0.4, 0.5) is 0 Å². The lowest BCUT2D eigenvalue weighted by molar-refractivity contribution is 0.0517. The maximum Gasteiger partial charge on any atom is 0.359 e. The summed E-state index contributed by atoms with van der Waals surface area (Å²) in [5, 5.41) is 11.7. The van der Waals surface area contributed by atoms with Crippen molar-refractivity contribution in [3.05, 3.63) is 41.1 Å². The van der Waals surface area contributed by atoms with E-state index in [0.29, 0.717) is 23.8 Å². The van der Waals surface area contributed by atoms with Gasteiger partial charge in [0.05, 0.1) is 6.61 Å². The maximum atomic E-state index is 11.8. The van der Waals surface area contributed by atoms with E-state index < -0.39 is 5.97 Å². The zero-order valence-corrected chi connectivity index (χ0v) is 14.3. The Morgan fingerprint density at radius 1 is 1.22 bits per heavy atom. The topological polar surface area (TPSA) is 73.6 Å². The fourth-order valence-corrected chi connectivity index (χ4v) is 1.87. The van der Waals surface area contributed by atoms with Crippen LogP contribution in [0.2, 0.25) is 0 Å². The number of benzene rings is 1. The molecule has 0 bridgehead atoms. The molecule has 1 heterocycles. The van der Waals surface area contributed by atoms with Gasteiger partial charge in [-0.15, -0.1) is 0 Å². The van der Waals surface area contributed by atoms with Crippen molar-refractivity contribution in [3.8, 4) is 11.6 Å². The molecule has 0 aliphatic rings. The minimum atomic E-state index is -0.431. The first-order valence-corrected chi connectivity index (χ1v) is 7.50. The summed E-state index contributed by atoms with van der Waals surface area (Å²) in [5.74, 6) is 0.813. The smallest absolute Gasteiger partial charge is 0.359 e. The lowest BCUT2D eigenvalue weighted by Crippen LogP contribution is -2.07. The third kappa shape index (κ3) is 5.10. The van der Waals surface area contributed by atoms with Gasteiger partial charge in [-0.1, -0.05) is 17.7 Å². The molecular formula is C17H24N2O4. The number of aliphatic hydroxyl groups is 1. The summed E-state index contributed by atoms with van der Waals surface area (Å²) in [7, 11) is 1.74. The van der Waals surface area contributed by atoms with Crippen LogP contribution in [-0.4, -0.2) is 34.1 Å². The Bertz CT molecular complexity index is 633. The van der Waals surface area contributed by atoms with Crippen LogP contribution in [0.3, 0.4) is 0 Å². The Kier molecular flexibility index (Phi) is 7.28. The molecule has 23 heavy (non-hydrogen) atoms. The average Bonchev–Trinajstić information content (AvgIpc) is 2.79. The first-order valence-electron chi connectivity index (χ1n) is 7.50. The number of esters is 1. The molecule has 0 radical (unpaired) electrons. The van der Waals surface area contributed by atoms with Gasteiger partial charge in [0.1, 0.15) is 5.75 Å². The van der Waals surface area contributed by atoms with Gasteiger partial charge in [0.2, 0.25) is 5.88 Å². The van der Waals surface area contributed by atoms with E-state index in [0.717, 1.165) is 5.56 Å². The zero-order valence-electron chi connectivity index (χ0n) is 14.3. The molecule has 6 heteroatoms. The SMILES string of the molecule is CCO.CCOC(=O)c1nn(C)c(Oc2ccc(C)cc2)c1C. The maximum absolute atomic E-state index is 11.8. The fourth-order valence-electron chi connectivity index (χ4n) is 1.87. The third-order valence-corrected chi connectivity index (χ3v) is 2.92. The predicted molar refractivity (Wildman–Crippen MR) is 87.9 cm³/mol. The molecule has 0 aliphatic carbocycles. The largest absolute Gasteiger partial charge is 0.461 e. The van der Waals surface area contributed by atoms with Crippen LogP contribution in [0.1, 0.15) is 35.5 Å². The molecular weight excluding hydrogens is 296 g/mol. The van der Waals surface area contributed by atoms with E-state index in [2.05, 4.69) is 5.10 Å². The van der Waals surface area contributed by atoms with Gasteiger partial charge in [0.25, 0.3) is 0 Å². The molecule has 1 aromatic heterocycles. The molecule has 0 fully saturated rings. The number of hydrogen-bond acceptors (Lipinski definition) is 5. The summed E-state index contributed by atoms with van der Waals surface area (Å²) < 4.78 is 12.3. The fraction of sp³-hybridized carbons (Fsp3) is 0.412. The second kappa shape index (κ2) is 8.95. The Labute approximate surface area is 136 Å². The standard InChI is InChI=1S/C15H18N2O3.C2H6O/c1-5-19-15(18)13-11(3)14(17(4)16-13)20-12-8-6-10(2)7-9-12;1-2-3/h6-9H,5H2,1-4H3;3H,2H2,1H3. The Hall–Kier alpha value is -2.34. The highest BCUT2D eigenvalue weighted by molar-refractivity contribution is 5.89. The molecule has 0 atom stereocenters. The number of carbonyl (C=O) groups is 1.